The zero-order chi connectivity index (χ0) is 11.1. The van der Waals surface area contributed by atoms with Crippen LogP contribution in [0.3, 0.4) is 0 Å². The standard InChI is InChI=1S/C11H12N2OS/c12-11(15)13-10-7-2-1-5-9(10)6-3-4-8-14/h1-3,5-8H,4H2,(H3,12,13,15). The molecule has 1 aromatic carbocycles. The molecule has 0 radical (unpaired) electrons. The number of nitrogens with one attached hydrogen (secondary N) is 1. The maximum absolute atomic E-state index is 10.2. The second-order valence-electron chi connectivity index (χ2n) is 2.88. The SMILES string of the molecule is NC(=S)Nc1ccccc1C=CCC=O. The highest BCUT2D eigenvalue weighted by Crippen LogP contribution is 2.16. The minimum atomic E-state index is 0.228. The fourth-order valence-corrected chi connectivity index (χ4v) is 1.25. The lowest BCUT2D eigenvalue weighted by atomic mass is 10.1. The molecular formula is C11H12N2OS. The van der Waals surface area contributed by atoms with Crippen LogP contribution < -0.4 is 11.1 Å². The van der Waals surface area contributed by atoms with Crippen LogP contribution >= 0.6 is 12.2 Å². The molecule has 0 saturated heterocycles. The van der Waals surface area contributed by atoms with Crippen molar-refractivity contribution in [2.45, 2.75) is 6.42 Å². The molecule has 0 amide bonds. The van der Waals surface area contributed by atoms with Crippen LogP contribution in [0.15, 0.2) is 30.3 Å². The molecule has 0 atom stereocenters. The molecule has 0 aromatic heterocycles. The molecule has 78 valence electrons. The molecule has 3 N–H and O–H groups in total. The summed E-state index contributed by atoms with van der Waals surface area (Å²) in [4.78, 5) is 10.2. The Bertz CT molecular complexity index is 388. The normalized spacial score (nSPS) is 10.1. The second kappa shape index (κ2) is 5.93. The highest BCUT2D eigenvalue weighted by Gasteiger charge is 1.97. The average Bonchev–Trinajstić information content (AvgIpc) is 2.20. The number of carbonyl (C=O) groups excluding carboxylic acids is 1. The summed E-state index contributed by atoms with van der Waals surface area (Å²) in [6.45, 7) is 0. The number of rotatable bonds is 4. The Balaban J connectivity index is 2.85. The van der Waals surface area contributed by atoms with Gasteiger partial charge in [0.25, 0.3) is 0 Å². The summed E-state index contributed by atoms with van der Waals surface area (Å²) in [6.07, 6.45) is 4.89. The average molecular weight is 220 g/mol. The highest BCUT2D eigenvalue weighted by atomic mass is 32.1. The molecule has 1 aromatic rings. The first-order valence-electron chi connectivity index (χ1n) is 4.49. The number of aldehydes is 1. The number of hydrogen-bond acceptors (Lipinski definition) is 2. The van der Waals surface area contributed by atoms with Crippen molar-refractivity contribution >= 4 is 35.4 Å². The molecule has 0 bridgehead atoms. The molecule has 3 nitrogen and oxygen atoms in total. The number of carbonyl (C=O) groups is 1. The van der Waals surface area contributed by atoms with E-state index in [0.717, 1.165) is 17.5 Å². The van der Waals surface area contributed by atoms with Gasteiger partial charge in [-0.15, -0.1) is 0 Å². The predicted molar refractivity (Wildman–Crippen MR) is 66.6 cm³/mol. The summed E-state index contributed by atoms with van der Waals surface area (Å²) >= 11 is 4.76. The fraction of sp³-hybridized carbons (Fsp3) is 0.0909. The van der Waals surface area contributed by atoms with Crippen LogP contribution in [0, 0.1) is 0 Å². The van der Waals surface area contributed by atoms with Gasteiger partial charge in [-0.25, -0.2) is 0 Å². The van der Waals surface area contributed by atoms with Gasteiger partial charge in [0, 0.05) is 12.1 Å². The van der Waals surface area contributed by atoms with E-state index >= 15 is 0 Å². The topological polar surface area (TPSA) is 55.1 Å². The van der Waals surface area contributed by atoms with Crippen LogP contribution in [-0.4, -0.2) is 11.4 Å². The van der Waals surface area contributed by atoms with Crippen molar-refractivity contribution in [2.24, 2.45) is 5.73 Å². The second-order valence-corrected chi connectivity index (χ2v) is 3.32. The maximum Gasteiger partial charge on any atom is 0.168 e. The largest absolute Gasteiger partial charge is 0.376 e. The van der Waals surface area contributed by atoms with E-state index in [-0.39, 0.29) is 5.11 Å². The van der Waals surface area contributed by atoms with Crippen molar-refractivity contribution in [1.29, 1.82) is 0 Å². The van der Waals surface area contributed by atoms with E-state index in [1.807, 2.05) is 30.3 Å². The Kier molecular flexibility index (Phi) is 4.50. The Morgan fingerprint density at radius 3 is 2.87 bits per heavy atom. The molecule has 0 aliphatic heterocycles. The third-order valence-corrected chi connectivity index (χ3v) is 1.85. The Morgan fingerprint density at radius 1 is 1.47 bits per heavy atom. The molecule has 0 aliphatic carbocycles. The van der Waals surface area contributed by atoms with Gasteiger partial charge in [-0.1, -0.05) is 30.4 Å². The van der Waals surface area contributed by atoms with Gasteiger partial charge in [-0.3, -0.25) is 0 Å². The molecule has 0 spiro atoms. The van der Waals surface area contributed by atoms with Gasteiger partial charge in [-0.05, 0) is 23.8 Å². The molecule has 0 saturated carbocycles. The van der Waals surface area contributed by atoms with E-state index in [1.165, 1.54) is 0 Å². The monoisotopic (exact) mass is 220 g/mol. The third kappa shape index (κ3) is 3.91. The number of benzene rings is 1. The van der Waals surface area contributed by atoms with Crippen LogP contribution in [0.4, 0.5) is 5.69 Å². The van der Waals surface area contributed by atoms with E-state index in [4.69, 9.17) is 18.0 Å². The summed E-state index contributed by atoms with van der Waals surface area (Å²) in [5.74, 6) is 0. The quantitative estimate of drug-likeness (QED) is 0.601. The summed E-state index contributed by atoms with van der Waals surface area (Å²) in [7, 11) is 0. The number of nitrogens with two attached hydrogens (primary N) is 1. The summed E-state index contributed by atoms with van der Waals surface area (Å²) in [5.41, 5.74) is 7.18. The van der Waals surface area contributed by atoms with Crippen molar-refractivity contribution < 1.29 is 4.79 Å². The van der Waals surface area contributed by atoms with Crippen LogP contribution in [-0.2, 0) is 4.79 Å². The van der Waals surface area contributed by atoms with Gasteiger partial charge in [-0.2, -0.15) is 0 Å². The first-order chi connectivity index (χ1) is 7.24. The number of hydrogen-bond donors (Lipinski definition) is 2. The Hall–Kier alpha value is -1.68. The van der Waals surface area contributed by atoms with Gasteiger partial charge in [0.2, 0.25) is 0 Å². The zero-order valence-electron chi connectivity index (χ0n) is 8.14. The van der Waals surface area contributed by atoms with Crippen LogP contribution in [0.25, 0.3) is 6.08 Å². The zero-order valence-corrected chi connectivity index (χ0v) is 8.96. The van der Waals surface area contributed by atoms with Gasteiger partial charge in [0.05, 0.1) is 0 Å². The number of thiocarbonyl (C=S) groups is 1. The molecule has 0 aliphatic rings. The minimum Gasteiger partial charge on any atom is -0.376 e. The van der Waals surface area contributed by atoms with Crippen molar-refractivity contribution in [3.8, 4) is 0 Å². The van der Waals surface area contributed by atoms with E-state index in [0.29, 0.717) is 6.42 Å². The molecular weight excluding hydrogens is 208 g/mol. The smallest absolute Gasteiger partial charge is 0.168 e. The van der Waals surface area contributed by atoms with Crippen LogP contribution in [0.2, 0.25) is 0 Å². The van der Waals surface area contributed by atoms with E-state index in [9.17, 15) is 4.79 Å². The van der Waals surface area contributed by atoms with Gasteiger partial charge < -0.3 is 15.8 Å². The first-order valence-corrected chi connectivity index (χ1v) is 4.90. The lowest BCUT2D eigenvalue weighted by Gasteiger charge is -2.06. The number of allylic oxidation sites excluding steroid dienone is 1. The van der Waals surface area contributed by atoms with Crippen molar-refractivity contribution in [2.75, 3.05) is 5.32 Å². The van der Waals surface area contributed by atoms with E-state index in [1.54, 1.807) is 6.08 Å². The molecule has 15 heavy (non-hydrogen) atoms. The van der Waals surface area contributed by atoms with E-state index in [2.05, 4.69) is 5.32 Å². The molecule has 0 fully saturated rings. The van der Waals surface area contributed by atoms with Crippen molar-refractivity contribution in [3.05, 3.63) is 35.9 Å². The van der Waals surface area contributed by atoms with Gasteiger partial charge >= 0.3 is 0 Å². The Labute approximate surface area is 94.0 Å². The fourth-order valence-electron chi connectivity index (χ4n) is 1.14. The summed E-state index contributed by atoms with van der Waals surface area (Å²) in [5, 5.41) is 3.10. The van der Waals surface area contributed by atoms with Crippen molar-refractivity contribution in [1.82, 2.24) is 0 Å². The molecule has 0 heterocycles. The Morgan fingerprint density at radius 2 is 2.20 bits per heavy atom. The summed E-state index contributed by atoms with van der Waals surface area (Å²) < 4.78 is 0. The highest BCUT2D eigenvalue weighted by molar-refractivity contribution is 7.80. The number of para-hydroxylation sites is 1. The van der Waals surface area contributed by atoms with Crippen LogP contribution in [0.5, 0.6) is 0 Å². The molecule has 0 unspecified atom stereocenters. The van der Waals surface area contributed by atoms with E-state index < -0.39 is 0 Å². The number of anilines is 1. The van der Waals surface area contributed by atoms with Gasteiger partial charge in [0.1, 0.15) is 6.29 Å². The first kappa shape index (κ1) is 11.4. The van der Waals surface area contributed by atoms with Crippen molar-refractivity contribution in [3.63, 3.8) is 0 Å². The summed E-state index contributed by atoms with van der Waals surface area (Å²) in [6, 6.07) is 7.59. The predicted octanol–water partition coefficient (Wildman–Crippen LogP) is 1.94. The molecule has 1 rings (SSSR count). The lowest BCUT2D eigenvalue weighted by molar-refractivity contribution is -0.107. The van der Waals surface area contributed by atoms with Crippen LogP contribution in [0.1, 0.15) is 12.0 Å². The minimum absolute atomic E-state index is 0.228. The lowest BCUT2D eigenvalue weighted by Crippen LogP contribution is -2.19. The third-order valence-electron chi connectivity index (χ3n) is 1.75. The maximum atomic E-state index is 10.2. The van der Waals surface area contributed by atoms with Gasteiger partial charge in [0.15, 0.2) is 5.11 Å². The molecule has 4 heteroatoms.